The minimum absolute atomic E-state index is 0.942. The Morgan fingerprint density at radius 1 is 0.577 bits per heavy atom. The minimum atomic E-state index is 0.942. The Hall–Kier alpha value is -3.10. The molecule has 6 aromatic rings. The number of para-hydroxylation sites is 2. The predicted octanol–water partition coefficient (Wildman–Crippen LogP) is 7.62. The number of thiophene rings is 1. The van der Waals surface area contributed by atoms with Crippen LogP contribution in [-0.2, 0) is 0 Å². The summed E-state index contributed by atoms with van der Waals surface area (Å²) >= 11 is 1.85. The fourth-order valence-electron chi connectivity index (χ4n) is 3.87. The summed E-state index contributed by atoms with van der Waals surface area (Å²) in [6.45, 7) is 0. The monoisotopic (exact) mass is 350 g/mol. The van der Waals surface area contributed by atoms with E-state index in [0.29, 0.717) is 0 Å². The zero-order valence-electron chi connectivity index (χ0n) is 13.9. The Balaban J connectivity index is 1.66. The predicted molar refractivity (Wildman–Crippen MR) is 112 cm³/mol. The van der Waals surface area contributed by atoms with Crippen molar-refractivity contribution >= 4 is 53.4 Å². The van der Waals surface area contributed by atoms with Crippen molar-refractivity contribution in [1.29, 1.82) is 0 Å². The molecule has 122 valence electrons. The molecule has 0 atom stereocenters. The van der Waals surface area contributed by atoms with Crippen molar-refractivity contribution in [3.63, 3.8) is 0 Å². The maximum absolute atomic E-state index is 6.21. The lowest BCUT2D eigenvalue weighted by atomic mass is 10.0. The van der Waals surface area contributed by atoms with E-state index in [9.17, 15) is 0 Å². The molecule has 2 heterocycles. The van der Waals surface area contributed by atoms with Crippen molar-refractivity contribution in [2.45, 2.75) is 0 Å². The Morgan fingerprint density at radius 3 is 2.31 bits per heavy atom. The van der Waals surface area contributed by atoms with Gasteiger partial charge < -0.3 is 4.42 Å². The van der Waals surface area contributed by atoms with Crippen LogP contribution in [0.15, 0.2) is 89.3 Å². The van der Waals surface area contributed by atoms with E-state index in [2.05, 4.69) is 72.8 Å². The van der Waals surface area contributed by atoms with Gasteiger partial charge in [-0.25, -0.2) is 0 Å². The summed E-state index contributed by atoms with van der Waals surface area (Å²) in [5.41, 5.74) is 4.26. The van der Waals surface area contributed by atoms with E-state index in [1.807, 2.05) is 23.5 Å². The van der Waals surface area contributed by atoms with Crippen LogP contribution >= 0.6 is 11.3 Å². The first-order chi connectivity index (χ1) is 12.9. The van der Waals surface area contributed by atoms with Crippen LogP contribution in [0.5, 0.6) is 0 Å². The lowest BCUT2D eigenvalue weighted by Crippen LogP contribution is -1.78. The third kappa shape index (κ3) is 1.91. The van der Waals surface area contributed by atoms with E-state index in [4.69, 9.17) is 4.42 Å². The quantitative estimate of drug-likeness (QED) is 0.297. The third-order valence-corrected chi connectivity index (χ3v) is 6.23. The lowest BCUT2D eigenvalue weighted by molar-refractivity contribution is 0.670. The molecule has 0 saturated heterocycles. The van der Waals surface area contributed by atoms with E-state index in [1.165, 1.54) is 36.5 Å². The fourth-order valence-corrected chi connectivity index (χ4v) is 5.01. The zero-order chi connectivity index (χ0) is 17.1. The van der Waals surface area contributed by atoms with E-state index in [0.717, 1.165) is 16.7 Å². The molecule has 0 radical (unpaired) electrons. The van der Waals surface area contributed by atoms with Crippen LogP contribution in [0, 0.1) is 0 Å². The van der Waals surface area contributed by atoms with Crippen molar-refractivity contribution in [2.24, 2.45) is 0 Å². The Labute approximate surface area is 154 Å². The van der Waals surface area contributed by atoms with Crippen LogP contribution in [0.3, 0.4) is 0 Å². The molecular formula is C24H14OS. The molecule has 0 aliphatic carbocycles. The highest BCUT2D eigenvalue weighted by Crippen LogP contribution is 2.39. The molecule has 1 nitrogen and oxygen atoms in total. The number of rotatable bonds is 1. The number of furan rings is 1. The average molecular weight is 350 g/mol. The first-order valence-electron chi connectivity index (χ1n) is 8.70. The van der Waals surface area contributed by atoms with Crippen molar-refractivity contribution in [1.82, 2.24) is 0 Å². The van der Waals surface area contributed by atoms with Gasteiger partial charge in [-0.1, -0.05) is 66.7 Å². The lowest BCUT2D eigenvalue weighted by Gasteiger charge is -2.03. The standard InChI is InChI=1S/C24H14OS/c1-3-10-21-17(6-1)20-9-5-8-16(24(20)25-21)15-12-13-19-18-7-2-4-11-22(18)26-23(19)14-15/h1-14H. The van der Waals surface area contributed by atoms with Crippen LogP contribution in [-0.4, -0.2) is 0 Å². The Bertz CT molecular complexity index is 1430. The van der Waals surface area contributed by atoms with Gasteiger partial charge in [-0.15, -0.1) is 11.3 Å². The molecule has 0 unspecified atom stereocenters. The van der Waals surface area contributed by atoms with Crippen LogP contribution in [0.1, 0.15) is 0 Å². The van der Waals surface area contributed by atoms with Crippen molar-refractivity contribution < 1.29 is 4.42 Å². The van der Waals surface area contributed by atoms with Crippen LogP contribution in [0.2, 0.25) is 0 Å². The highest BCUT2D eigenvalue weighted by Gasteiger charge is 2.13. The van der Waals surface area contributed by atoms with E-state index in [1.54, 1.807) is 0 Å². The molecule has 0 N–H and O–H groups in total. The van der Waals surface area contributed by atoms with Crippen LogP contribution < -0.4 is 0 Å². The molecule has 0 bridgehead atoms. The molecule has 0 spiro atoms. The van der Waals surface area contributed by atoms with Gasteiger partial charge in [0.1, 0.15) is 11.2 Å². The Kier molecular flexibility index (Phi) is 2.82. The van der Waals surface area contributed by atoms with Gasteiger partial charge in [-0.3, -0.25) is 0 Å². The van der Waals surface area contributed by atoms with Gasteiger partial charge in [-0.2, -0.15) is 0 Å². The maximum atomic E-state index is 6.21. The second-order valence-electron chi connectivity index (χ2n) is 6.59. The van der Waals surface area contributed by atoms with Gasteiger partial charge in [0.25, 0.3) is 0 Å². The Morgan fingerprint density at radius 2 is 1.35 bits per heavy atom. The SMILES string of the molecule is c1ccc2c(c1)oc1c(-c3ccc4c(c3)sc3ccccc34)cccc12. The van der Waals surface area contributed by atoms with Gasteiger partial charge in [-0.05, 0) is 23.8 Å². The maximum Gasteiger partial charge on any atom is 0.143 e. The van der Waals surface area contributed by atoms with Gasteiger partial charge >= 0.3 is 0 Å². The highest BCUT2D eigenvalue weighted by molar-refractivity contribution is 7.25. The molecule has 0 saturated carbocycles. The van der Waals surface area contributed by atoms with E-state index in [-0.39, 0.29) is 0 Å². The van der Waals surface area contributed by atoms with E-state index < -0.39 is 0 Å². The van der Waals surface area contributed by atoms with Gasteiger partial charge in [0.05, 0.1) is 0 Å². The summed E-state index contributed by atoms with van der Waals surface area (Å²) in [6, 6.07) is 30.0. The van der Waals surface area contributed by atoms with Crippen LogP contribution in [0.25, 0.3) is 53.2 Å². The molecule has 0 aliphatic rings. The summed E-state index contributed by atoms with van der Waals surface area (Å²) in [4.78, 5) is 0. The number of benzene rings is 4. The first-order valence-corrected chi connectivity index (χ1v) is 9.52. The molecule has 0 fully saturated rings. The number of hydrogen-bond acceptors (Lipinski definition) is 2. The molecule has 2 heteroatoms. The molecule has 6 rings (SSSR count). The van der Waals surface area contributed by atoms with Crippen molar-refractivity contribution in [3.05, 3.63) is 84.9 Å². The van der Waals surface area contributed by atoms with Crippen molar-refractivity contribution in [2.75, 3.05) is 0 Å². The molecule has 0 amide bonds. The highest BCUT2D eigenvalue weighted by atomic mass is 32.1. The molecule has 2 aromatic heterocycles. The van der Waals surface area contributed by atoms with Gasteiger partial charge in [0.15, 0.2) is 0 Å². The fraction of sp³-hybridized carbons (Fsp3) is 0. The molecule has 0 aliphatic heterocycles. The summed E-state index contributed by atoms with van der Waals surface area (Å²) in [5, 5.41) is 5.01. The topological polar surface area (TPSA) is 13.1 Å². The van der Waals surface area contributed by atoms with Crippen molar-refractivity contribution in [3.8, 4) is 11.1 Å². The largest absolute Gasteiger partial charge is 0.455 e. The van der Waals surface area contributed by atoms with E-state index >= 15 is 0 Å². The van der Waals surface area contributed by atoms with Gasteiger partial charge in [0.2, 0.25) is 0 Å². The summed E-state index contributed by atoms with van der Waals surface area (Å²) in [7, 11) is 0. The first kappa shape index (κ1) is 14.1. The second kappa shape index (κ2) is 5.20. The minimum Gasteiger partial charge on any atom is -0.455 e. The molecule has 26 heavy (non-hydrogen) atoms. The summed E-state index contributed by atoms with van der Waals surface area (Å²) < 4.78 is 8.86. The molecule has 4 aromatic carbocycles. The molecular weight excluding hydrogens is 336 g/mol. The smallest absolute Gasteiger partial charge is 0.143 e. The number of fused-ring (bicyclic) bond motifs is 6. The third-order valence-electron chi connectivity index (χ3n) is 5.09. The van der Waals surface area contributed by atoms with Gasteiger partial charge in [0, 0.05) is 36.5 Å². The normalized spacial score (nSPS) is 11.8. The summed E-state index contributed by atoms with van der Waals surface area (Å²) in [6.07, 6.45) is 0. The average Bonchev–Trinajstić information content (AvgIpc) is 3.25. The second-order valence-corrected chi connectivity index (χ2v) is 7.67. The van der Waals surface area contributed by atoms with Crippen LogP contribution in [0.4, 0.5) is 0 Å². The summed E-state index contributed by atoms with van der Waals surface area (Å²) in [5.74, 6) is 0. The number of hydrogen-bond donors (Lipinski definition) is 0. The zero-order valence-corrected chi connectivity index (χ0v) is 14.7.